The lowest BCUT2D eigenvalue weighted by Gasteiger charge is -2.38. The van der Waals surface area contributed by atoms with Crippen molar-refractivity contribution in [1.82, 2.24) is 5.32 Å². The van der Waals surface area contributed by atoms with E-state index in [9.17, 15) is 4.79 Å². The second-order valence-electron chi connectivity index (χ2n) is 6.76. The Morgan fingerprint density at radius 2 is 2.11 bits per heavy atom. The molecule has 1 N–H and O–H groups in total. The average Bonchev–Trinajstić information content (AvgIpc) is 2.68. The molecule has 0 aliphatic heterocycles. The van der Waals surface area contributed by atoms with Crippen molar-refractivity contribution in [1.29, 1.82) is 0 Å². The van der Waals surface area contributed by atoms with Gasteiger partial charge < -0.3 is 14.8 Å². The molecular formula is C15H27NO3. The van der Waals surface area contributed by atoms with Gasteiger partial charge in [-0.3, -0.25) is 4.79 Å². The normalized spacial score (nSPS) is 35.6. The van der Waals surface area contributed by atoms with Crippen molar-refractivity contribution < 1.29 is 14.3 Å². The number of carbonyl (C=O) groups is 1. The van der Waals surface area contributed by atoms with Crippen LogP contribution in [0.25, 0.3) is 0 Å². The van der Waals surface area contributed by atoms with Crippen molar-refractivity contribution in [3.8, 4) is 0 Å². The lowest BCUT2D eigenvalue weighted by Crippen LogP contribution is -2.40. The number of methoxy groups -OCH3 is 1. The molecule has 3 atom stereocenters. The van der Waals surface area contributed by atoms with Gasteiger partial charge in [-0.15, -0.1) is 0 Å². The molecule has 4 heteroatoms. The smallest absolute Gasteiger partial charge is 0.320 e. The highest BCUT2D eigenvalue weighted by atomic mass is 16.5. The first-order chi connectivity index (χ1) is 8.91. The van der Waals surface area contributed by atoms with E-state index in [4.69, 9.17) is 9.47 Å². The van der Waals surface area contributed by atoms with E-state index >= 15 is 0 Å². The maximum absolute atomic E-state index is 11.9. The summed E-state index contributed by atoms with van der Waals surface area (Å²) in [4.78, 5) is 11.9. The molecule has 2 fully saturated rings. The Kier molecular flexibility index (Phi) is 4.21. The van der Waals surface area contributed by atoms with Crippen LogP contribution in [-0.2, 0) is 14.3 Å². The number of carbonyl (C=O) groups excluding carboxylic acids is 1. The third kappa shape index (κ3) is 2.52. The lowest BCUT2D eigenvalue weighted by molar-refractivity contribution is -0.155. The Labute approximate surface area is 116 Å². The molecule has 3 unspecified atom stereocenters. The zero-order valence-corrected chi connectivity index (χ0v) is 12.6. The maximum Gasteiger partial charge on any atom is 0.320 e. The highest BCUT2D eigenvalue weighted by Crippen LogP contribution is 2.66. The molecule has 110 valence electrons. The quantitative estimate of drug-likeness (QED) is 0.591. The van der Waals surface area contributed by atoms with Gasteiger partial charge in [0.1, 0.15) is 6.10 Å². The van der Waals surface area contributed by atoms with E-state index in [0.717, 1.165) is 6.42 Å². The Morgan fingerprint density at radius 1 is 1.37 bits per heavy atom. The first-order valence-electron chi connectivity index (χ1n) is 7.31. The summed E-state index contributed by atoms with van der Waals surface area (Å²) in [7, 11) is 1.65. The monoisotopic (exact) mass is 269 g/mol. The summed E-state index contributed by atoms with van der Waals surface area (Å²) in [6, 6.07) is 0. The summed E-state index contributed by atoms with van der Waals surface area (Å²) in [5.74, 6) is 0.572. The van der Waals surface area contributed by atoms with Crippen molar-refractivity contribution in [2.75, 3.05) is 26.8 Å². The highest BCUT2D eigenvalue weighted by Gasteiger charge is 2.62. The molecule has 0 radical (unpaired) electrons. The van der Waals surface area contributed by atoms with Crippen LogP contribution in [0.4, 0.5) is 0 Å². The Hall–Kier alpha value is -0.610. The van der Waals surface area contributed by atoms with Crippen LogP contribution < -0.4 is 5.32 Å². The molecule has 0 heterocycles. The molecule has 0 aromatic rings. The zero-order chi connectivity index (χ0) is 14.1. The number of esters is 1. The van der Waals surface area contributed by atoms with E-state index in [0.29, 0.717) is 24.5 Å². The summed E-state index contributed by atoms with van der Waals surface area (Å²) in [5.41, 5.74) is 0.446. The van der Waals surface area contributed by atoms with Crippen molar-refractivity contribution in [3.63, 3.8) is 0 Å². The van der Waals surface area contributed by atoms with Crippen LogP contribution in [0.3, 0.4) is 0 Å². The van der Waals surface area contributed by atoms with E-state index in [-0.39, 0.29) is 24.0 Å². The summed E-state index contributed by atoms with van der Waals surface area (Å²) < 4.78 is 10.6. The van der Waals surface area contributed by atoms with E-state index < -0.39 is 0 Å². The molecule has 0 aromatic carbocycles. The molecule has 2 saturated carbocycles. The fourth-order valence-corrected chi connectivity index (χ4v) is 3.87. The van der Waals surface area contributed by atoms with E-state index in [1.807, 2.05) is 0 Å². The molecule has 4 nitrogen and oxygen atoms in total. The number of rotatable bonds is 6. The second kappa shape index (κ2) is 5.41. The first-order valence-corrected chi connectivity index (χ1v) is 7.31. The minimum Gasteiger partial charge on any atom is -0.461 e. The fraction of sp³-hybridized carbons (Fsp3) is 0.933. The third-order valence-corrected chi connectivity index (χ3v) is 5.74. The van der Waals surface area contributed by atoms with E-state index in [2.05, 4.69) is 26.1 Å². The molecule has 0 saturated heterocycles. The van der Waals surface area contributed by atoms with Crippen LogP contribution in [-0.4, -0.2) is 38.9 Å². The zero-order valence-electron chi connectivity index (χ0n) is 12.6. The number of ether oxygens (including phenoxy) is 2. The molecule has 2 aliphatic rings. The van der Waals surface area contributed by atoms with Crippen LogP contribution in [0.1, 0.15) is 40.0 Å². The molecule has 0 aromatic heterocycles. The lowest BCUT2D eigenvalue weighted by atomic mass is 9.70. The molecule has 0 spiro atoms. The predicted octanol–water partition coefficient (Wildman–Crippen LogP) is 1.98. The minimum absolute atomic E-state index is 0.0953. The van der Waals surface area contributed by atoms with Crippen molar-refractivity contribution in [2.24, 2.45) is 16.7 Å². The molecular weight excluding hydrogens is 242 g/mol. The summed E-state index contributed by atoms with van der Waals surface area (Å²) in [5, 5.41) is 3.04. The van der Waals surface area contributed by atoms with Gasteiger partial charge in [0.25, 0.3) is 0 Å². The Balaban J connectivity index is 1.83. The maximum atomic E-state index is 11.9. The van der Waals surface area contributed by atoms with Crippen LogP contribution in [0.2, 0.25) is 0 Å². The largest absolute Gasteiger partial charge is 0.461 e. The Bertz CT molecular complexity index is 342. The topological polar surface area (TPSA) is 47.6 Å². The number of hydrogen-bond acceptors (Lipinski definition) is 4. The summed E-state index contributed by atoms with van der Waals surface area (Å²) in [6.07, 6.45) is 3.59. The summed E-state index contributed by atoms with van der Waals surface area (Å²) >= 11 is 0. The van der Waals surface area contributed by atoms with Crippen LogP contribution in [0.5, 0.6) is 0 Å². The third-order valence-electron chi connectivity index (χ3n) is 5.74. The van der Waals surface area contributed by atoms with Gasteiger partial charge in [0.05, 0.1) is 13.2 Å². The van der Waals surface area contributed by atoms with E-state index in [1.165, 1.54) is 12.8 Å². The fourth-order valence-electron chi connectivity index (χ4n) is 3.87. The number of hydrogen-bond donors (Lipinski definition) is 1. The number of fused-ring (bicyclic) bond motifs is 2. The first kappa shape index (κ1) is 14.8. The van der Waals surface area contributed by atoms with Gasteiger partial charge in [0, 0.05) is 19.1 Å². The van der Waals surface area contributed by atoms with Gasteiger partial charge in [-0.1, -0.05) is 20.8 Å². The second-order valence-corrected chi connectivity index (χ2v) is 6.76. The SMILES string of the molecule is COCCNCC(=O)OC1CC2CCC1(C)C2(C)C. The van der Waals surface area contributed by atoms with Gasteiger partial charge in [-0.25, -0.2) is 0 Å². The Morgan fingerprint density at radius 3 is 2.63 bits per heavy atom. The number of nitrogens with one attached hydrogen (secondary N) is 1. The standard InChI is InChI=1S/C15H27NO3/c1-14(2)11-5-6-15(14,3)12(9-11)19-13(17)10-16-7-8-18-4/h11-12,16H,5-10H2,1-4H3. The van der Waals surface area contributed by atoms with Gasteiger partial charge in [0.2, 0.25) is 0 Å². The molecule has 2 rings (SSSR count). The highest BCUT2D eigenvalue weighted by molar-refractivity contribution is 5.72. The molecule has 19 heavy (non-hydrogen) atoms. The van der Waals surface area contributed by atoms with Gasteiger partial charge in [-0.05, 0) is 30.6 Å². The minimum atomic E-state index is -0.134. The van der Waals surface area contributed by atoms with Crippen molar-refractivity contribution >= 4 is 5.97 Å². The van der Waals surface area contributed by atoms with Crippen LogP contribution >= 0.6 is 0 Å². The average molecular weight is 269 g/mol. The van der Waals surface area contributed by atoms with Gasteiger partial charge >= 0.3 is 5.97 Å². The van der Waals surface area contributed by atoms with E-state index in [1.54, 1.807) is 7.11 Å². The molecule has 2 bridgehead atoms. The van der Waals surface area contributed by atoms with Crippen LogP contribution in [0, 0.1) is 16.7 Å². The van der Waals surface area contributed by atoms with Crippen molar-refractivity contribution in [2.45, 2.75) is 46.1 Å². The summed E-state index contributed by atoms with van der Waals surface area (Å²) in [6.45, 7) is 8.52. The van der Waals surface area contributed by atoms with Gasteiger partial charge in [-0.2, -0.15) is 0 Å². The molecule has 0 amide bonds. The van der Waals surface area contributed by atoms with Crippen molar-refractivity contribution in [3.05, 3.63) is 0 Å². The predicted molar refractivity (Wildman–Crippen MR) is 73.9 cm³/mol. The van der Waals surface area contributed by atoms with Gasteiger partial charge in [0.15, 0.2) is 0 Å². The molecule has 2 aliphatic carbocycles. The van der Waals surface area contributed by atoms with Crippen LogP contribution in [0.15, 0.2) is 0 Å².